The van der Waals surface area contributed by atoms with Crippen molar-refractivity contribution in [3.8, 4) is 11.8 Å². The average Bonchev–Trinajstić information content (AvgIpc) is 2.37. The number of carboxylic acids is 1. The topological polar surface area (TPSA) is 115 Å². The molecule has 108 valence electrons. The lowest BCUT2D eigenvalue weighted by Crippen LogP contribution is -2.05. The van der Waals surface area contributed by atoms with Gasteiger partial charge in [0.05, 0.1) is 4.92 Å². The number of hydrogen-bond donors (Lipinski definition) is 1. The molecule has 1 N–H and O–H groups in total. The van der Waals surface area contributed by atoms with Crippen molar-refractivity contribution in [2.45, 2.75) is 13.8 Å². The van der Waals surface area contributed by atoms with E-state index in [1.807, 2.05) is 0 Å². The second-order valence-corrected chi connectivity index (χ2v) is 4.31. The van der Waals surface area contributed by atoms with Crippen LogP contribution in [0.15, 0.2) is 24.3 Å². The van der Waals surface area contributed by atoms with Gasteiger partial charge in [-0.25, -0.2) is 9.78 Å². The van der Waals surface area contributed by atoms with E-state index in [-0.39, 0.29) is 23.1 Å². The van der Waals surface area contributed by atoms with Crippen molar-refractivity contribution in [2.75, 3.05) is 0 Å². The number of aromatic nitrogens is 2. The highest BCUT2D eigenvalue weighted by molar-refractivity contribution is 5.85. The number of hydrogen-bond acceptors (Lipinski definition) is 6. The summed E-state index contributed by atoms with van der Waals surface area (Å²) < 4.78 is 5.30. The van der Waals surface area contributed by atoms with Crippen LogP contribution in [0, 0.1) is 24.0 Å². The number of aromatic carboxylic acids is 1. The van der Waals surface area contributed by atoms with Gasteiger partial charge >= 0.3 is 17.7 Å². The normalized spacial score (nSPS) is 10.2. The molecule has 0 unspecified atom stereocenters. The third-order valence-electron chi connectivity index (χ3n) is 2.57. The molecule has 1 aromatic carbocycles. The summed E-state index contributed by atoms with van der Waals surface area (Å²) in [6, 6.07) is 5.37. The predicted octanol–water partition coefficient (Wildman–Crippen LogP) is 2.49. The molecule has 2 rings (SSSR count). The van der Waals surface area contributed by atoms with Crippen LogP contribution < -0.4 is 4.74 Å². The maximum Gasteiger partial charge on any atom is 0.354 e. The molecule has 1 aromatic heterocycles. The van der Waals surface area contributed by atoms with Crippen LogP contribution in [0.25, 0.3) is 0 Å². The molecule has 8 heteroatoms. The first-order valence-corrected chi connectivity index (χ1v) is 5.88. The summed E-state index contributed by atoms with van der Waals surface area (Å²) in [5.74, 6) is -1.27. The Bertz CT molecular complexity index is 730. The van der Waals surface area contributed by atoms with Crippen LogP contribution in [-0.4, -0.2) is 26.0 Å². The maximum atomic E-state index is 11.0. The molecule has 0 fully saturated rings. The van der Waals surface area contributed by atoms with Gasteiger partial charge in [0.25, 0.3) is 0 Å². The molecule has 0 saturated carbocycles. The van der Waals surface area contributed by atoms with E-state index in [0.29, 0.717) is 5.69 Å². The number of carbonyl (C=O) groups is 1. The molecule has 0 saturated heterocycles. The summed E-state index contributed by atoms with van der Waals surface area (Å²) >= 11 is 0. The quantitative estimate of drug-likeness (QED) is 0.678. The minimum Gasteiger partial charge on any atom is -0.477 e. The lowest BCUT2D eigenvalue weighted by atomic mass is 10.2. The Hall–Kier alpha value is -3.03. The Labute approximate surface area is 119 Å². The van der Waals surface area contributed by atoms with Crippen LogP contribution in [0.5, 0.6) is 11.8 Å². The Morgan fingerprint density at radius 3 is 2.62 bits per heavy atom. The molecule has 0 aliphatic heterocycles. The smallest absolute Gasteiger partial charge is 0.354 e. The zero-order valence-corrected chi connectivity index (χ0v) is 11.2. The van der Waals surface area contributed by atoms with E-state index in [2.05, 4.69) is 9.97 Å². The van der Waals surface area contributed by atoms with E-state index in [4.69, 9.17) is 9.84 Å². The van der Waals surface area contributed by atoms with E-state index in [0.717, 1.165) is 5.56 Å². The Morgan fingerprint density at radius 1 is 1.29 bits per heavy atom. The number of ether oxygens (including phenoxy) is 1. The van der Waals surface area contributed by atoms with E-state index >= 15 is 0 Å². The fourth-order valence-corrected chi connectivity index (χ4v) is 1.65. The third kappa shape index (κ3) is 3.30. The predicted molar refractivity (Wildman–Crippen MR) is 71.6 cm³/mol. The van der Waals surface area contributed by atoms with Crippen LogP contribution in [0.2, 0.25) is 0 Å². The van der Waals surface area contributed by atoms with Crippen LogP contribution >= 0.6 is 0 Å². The van der Waals surface area contributed by atoms with Gasteiger partial charge in [0.15, 0.2) is 5.69 Å². The molecule has 1 heterocycles. The Balaban J connectivity index is 2.45. The summed E-state index contributed by atoms with van der Waals surface area (Å²) in [7, 11) is 0. The van der Waals surface area contributed by atoms with Crippen LogP contribution in [0.3, 0.4) is 0 Å². The number of nitro groups is 1. The van der Waals surface area contributed by atoms with Gasteiger partial charge in [-0.15, -0.1) is 0 Å². The van der Waals surface area contributed by atoms with Crippen molar-refractivity contribution in [3.63, 3.8) is 0 Å². The first kappa shape index (κ1) is 14.4. The number of carboxylic acid groups (broad SMARTS) is 1. The molecule has 2 aromatic rings. The molecule has 21 heavy (non-hydrogen) atoms. The summed E-state index contributed by atoms with van der Waals surface area (Å²) in [5, 5.41) is 19.9. The number of rotatable bonds is 4. The zero-order valence-electron chi connectivity index (χ0n) is 11.2. The monoisotopic (exact) mass is 289 g/mol. The Morgan fingerprint density at radius 2 is 2.00 bits per heavy atom. The summed E-state index contributed by atoms with van der Waals surface area (Å²) in [6.45, 7) is 3.32. The van der Waals surface area contributed by atoms with Gasteiger partial charge < -0.3 is 9.84 Å². The standard InChI is InChI=1S/C13H11N3O5/c1-7-3-4-10(16(19)20)11(5-7)21-13-14-8(2)6-9(15-13)12(17)18/h3-6H,1-2H3,(H,17,18). The van der Waals surface area contributed by atoms with Crippen molar-refractivity contribution < 1.29 is 19.6 Å². The van der Waals surface area contributed by atoms with Crippen LogP contribution in [0.4, 0.5) is 5.69 Å². The molecule has 0 radical (unpaired) electrons. The highest BCUT2D eigenvalue weighted by atomic mass is 16.6. The SMILES string of the molecule is Cc1ccc([N+](=O)[O-])c(Oc2nc(C)cc(C(=O)O)n2)c1. The number of nitro benzene ring substituents is 1. The average molecular weight is 289 g/mol. The fraction of sp³-hybridized carbons (Fsp3) is 0.154. The van der Waals surface area contributed by atoms with E-state index in [9.17, 15) is 14.9 Å². The van der Waals surface area contributed by atoms with Crippen molar-refractivity contribution in [1.82, 2.24) is 9.97 Å². The summed E-state index contributed by atoms with van der Waals surface area (Å²) in [4.78, 5) is 28.9. The molecule has 0 aliphatic rings. The summed E-state index contributed by atoms with van der Waals surface area (Å²) in [6.07, 6.45) is 0. The van der Waals surface area contributed by atoms with Gasteiger partial charge in [-0.3, -0.25) is 10.1 Å². The highest BCUT2D eigenvalue weighted by Crippen LogP contribution is 2.30. The lowest BCUT2D eigenvalue weighted by Gasteiger charge is -2.07. The first-order valence-electron chi connectivity index (χ1n) is 5.88. The molecular formula is C13H11N3O5. The third-order valence-corrected chi connectivity index (χ3v) is 2.57. The molecule has 0 spiro atoms. The molecule has 0 bridgehead atoms. The van der Waals surface area contributed by atoms with Crippen molar-refractivity contribution in [2.24, 2.45) is 0 Å². The second-order valence-electron chi connectivity index (χ2n) is 4.31. The van der Waals surface area contributed by atoms with Gasteiger partial charge in [-0.1, -0.05) is 6.07 Å². The Kier molecular flexibility index (Phi) is 3.79. The van der Waals surface area contributed by atoms with E-state index in [1.54, 1.807) is 19.9 Å². The van der Waals surface area contributed by atoms with Crippen molar-refractivity contribution in [3.05, 3.63) is 51.3 Å². The van der Waals surface area contributed by atoms with E-state index in [1.165, 1.54) is 18.2 Å². The highest BCUT2D eigenvalue weighted by Gasteiger charge is 2.18. The van der Waals surface area contributed by atoms with Crippen molar-refractivity contribution >= 4 is 11.7 Å². The number of benzene rings is 1. The minimum absolute atomic E-state index is 0.0399. The van der Waals surface area contributed by atoms with Gasteiger partial charge in [-0.2, -0.15) is 4.98 Å². The molecular weight excluding hydrogens is 278 g/mol. The van der Waals surface area contributed by atoms with Gasteiger partial charge in [-0.05, 0) is 31.5 Å². The van der Waals surface area contributed by atoms with E-state index < -0.39 is 10.9 Å². The lowest BCUT2D eigenvalue weighted by molar-refractivity contribution is -0.385. The largest absolute Gasteiger partial charge is 0.477 e. The van der Waals surface area contributed by atoms with Crippen molar-refractivity contribution in [1.29, 1.82) is 0 Å². The second kappa shape index (κ2) is 5.53. The molecule has 0 aliphatic carbocycles. The summed E-state index contributed by atoms with van der Waals surface area (Å²) in [5.41, 5.74) is 0.643. The van der Waals surface area contributed by atoms with Gasteiger partial charge in [0, 0.05) is 11.8 Å². The molecule has 0 atom stereocenters. The zero-order chi connectivity index (χ0) is 15.6. The number of aryl methyl sites for hydroxylation is 2. The maximum absolute atomic E-state index is 11.0. The first-order chi connectivity index (χ1) is 9.86. The molecule has 0 amide bonds. The number of nitrogens with zero attached hydrogens (tertiary/aromatic N) is 3. The van der Waals surface area contributed by atoms with Crippen LogP contribution in [0.1, 0.15) is 21.7 Å². The minimum atomic E-state index is -1.23. The molecule has 8 nitrogen and oxygen atoms in total. The van der Waals surface area contributed by atoms with Gasteiger partial charge in [0.1, 0.15) is 0 Å². The fourth-order valence-electron chi connectivity index (χ4n) is 1.65. The van der Waals surface area contributed by atoms with Gasteiger partial charge in [0.2, 0.25) is 5.75 Å². The van der Waals surface area contributed by atoms with Crippen LogP contribution in [-0.2, 0) is 0 Å².